The zero-order valence-corrected chi connectivity index (χ0v) is 15.8. The van der Waals surface area contributed by atoms with Crippen LogP contribution < -0.4 is 10.6 Å². The van der Waals surface area contributed by atoms with E-state index in [2.05, 4.69) is 45.3 Å². The Labute approximate surface area is 145 Å². The number of hydrogen-bond donors (Lipinski definition) is 2. The highest BCUT2D eigenvalue weighted by molar-refractivity contribution is 6.35. The first kappa shape index (κ1) is 18.1. The van der Waals surface area contributed by atoms with E-state index in [0.717, 1.165) is 22.7 Å². The molecule has 0 aliphatic heterocycles. The van der Waals surface area contributed by atoms with Crippen LogP contribution in [0.3, 0.4) is 0 Å². The SMILES string of the molecule is Cc1cc(Cl)cc(Cl)c1CNC1CCC1NC(C)C(C)(C)C. The highest BCUT2D eigenvalue weighted by Gasteiger charge is 2.33. The molecule has 0 saturated heterocycles. The van der Waals surface area contributed by atoms with Crippen LogP contribution in [0.1, 0.15) is 51.7 Å². The molecule has 2 nitrogen and oxygen atoms in total. The molecule has 1 fully saturated rings. The molecule has 1 aromatic rings. The fraction of sp³-hybridized carbons (Fsp3) is 0.667. The molecule has 2 rings (SSSR count). The molecule has 0 aromatic heterocycles. The summed E-state index contributed by atoms with van der Waals surface area (Å²) in [6, 6.07) is 5.38. The van der Waals surface area contributed by atoms with Gasteiger partial charge in [-0.15, -0.1) is 0 Å². The summed E-state index contributed by atoms with van der Waals surface area (Å²) >= 11 is 12.4. The summed E-state index contributed by atoms with van der Waals surface area (Å²) in [6.07, 6.45) is 2.46. The number of rotatable bonds is 5. The van der Waals surface area contributed by atoms with Crippen molar-refractivity contribution < 1.29 is 0 Å². The topological polar surface area (TPSA) is 24.1 Å². The van der Waals surface area contributed by atoms with Gasteiger partial charge in [0.2, 0.25) is 0 Å². The Bertz CT molecular complexity index is 499. The molecule has 1 aliphatic rings. The van der Waals surface area contributed by atoms with Crippen LogP contribution in [0.15, 0.2) is 12.1 Å². The van der Waals surface area contributed by atoms with E-state index in [1.165, 1.54) is 12.8 Å². The van der Waals surface area contributed by atoms with E-state index in [-0.39, 0.29) is 5.41 Å². The van der Waals surface area contributed by atoms with Gasteiger partial charge < -0.3 is 10.6 Å². The maximum Gasteiger partial charge on any atom is 0.0468 e. The van der Waals surface area contributed by atoms with E-state index < -0.39 is 0 Å². The van der Waals surface area contributed by atoms with Gasteiger partial charge in [0.1, 0.15) is 0 Å². The summed E-state index contributed by atoms with van der Waals surface area (Å²) in [5.41, 5.74) is 2.59. The zero-order chi connectivity index (χ0) is 16.5. The summed E-state index contributed by atoms with van der Waals surface area (Å²) in [4.78, 5) is 0. The van der Waals surface area contributed by atoms with Crippen molar-refractivity contribution in [2.24, 2.45) is 5.41 Å². The Morgan fingerprint density at radius 1 is 1.18 bits per heavy atom. The molecule has 1 aromatic carbocycles. The fourth-order valence-electron chi connectivity index (χ4n) is 2.70. The number of aryl methyl sites for hydroxylation is 1. The maximum absolute atomic E-state index is 6.32. The highest BCUT2D eigenvalue weighted by atomic mass is 35.5. The van der Waals surface area contributed by atoms with Gasteiger partial charge in [-0.2, -0.15) is 0 Å². The molecule has 3 unspecified atom stereocenters. The second-order valence-electron chi connectivity index (χ2n) is 7.61. The third-order valence-electron chi connectivity index (χ3n) is 4.96. The average molecular weight is 343 g/mol. The monoisotopic (exact) mass is 342 g/mol. The van der Waals surface area contributed by atoms with Crippen molar-refractivity contribution in [1.82, 2.24) is 10.6 Å². The normalized spacial score (nSPS) is 23.2. The van der Waals surface area contributed by atoms with Crippen LogP contribution in [0, 0.1) is 12.3 Å². The lowest BCUT2D eigenvalue weighted by Gasteiger charge is -2.42. The van der Waals surface area contributed by atoms with E-state index in [1.54, 1.807) is 0 Å². The van der Waals surface area contributed by atoms with Crippen LogP contribution in [0.25, 0.3) is 0 Å². The molecule has 2 N–H and O–H groups in total. The summed E-state index contributed by atoms with van der Waals surface area (Å²) in [6.45, 7) is 12.0. The molecule has 0 radical (unpaired) electrons. The Morgan fingerprint density at radius 3 is 2.32 bits per heavy atom. The molecule has 0 heterocycles. The molecule has 0 amide bonds. The van der Waals surface area contributed by atoms with Gasteiger partial charge in [-0.3, -0.25) is 0 Å². The standard InChI is InChI=1S/C18H28Cl2N2/c1-11-8-13(19)9-15(20)14(11)10-21-16-6-7-17(16)22-12(2)18(3,4)5/h8-9,12,16-17,21-22H,6-7,10H2,1-5H3. The van der Waals surface area contributed by atoms with Crippen molar-refractivity contribution in [1.29, 1.82) is 0 Å². The third-order valence-corrected chi connectivity index (χ3v) is 5.52. The van der Waals surface area contributed by atoms with Gasteiger partial charge in [0.25, 0.3) is 0 Å². The Kier molecular flexibility index (Phi) is 5.82. The van der Waals surface area contributed by atoms with Crippen LogP contribution in [0.5, 0.6) is 0 Å². The lowest BCUT2D eigenvalue weighted by molar-refractivity contribution is 0.176. The first-order valence-corrected chi connectivity index (χ1v) is 8.88. The van der Waals surface area contributed by atoms with Gasteiger partial charge in [-0.05, 0) is 55.4 Å². The smallest absolute Gasteiger partial charge is 0.0468 e. The Morgan fingerprint density at radius 2 is 1.82 bits per heavy atom. The summed E-state index contributed by atoms with van der Waals surface area (Å²) in [5.74, 6) is 0. The summed E-state index contributed by atoms with van der Waals surface area (Å²) in [7, 11) is 0. The van der Waals surface area contributed by atoms with Gasteiger partial charge in [-0.1, -0.05) is 44.0 Å². The first-order chi connectivity index (χ1) is 10.2. The fourth-order valence-corrected chi connectivity index (χ4v) is 3.37. The van der Waals surface area contributed by atoms with Gasteiger partial charge in [0, 0.05) is 34.7 Å². The molecule has 4 heteroatoms. The van der Waals surface area contributed by atoms with Crippen molar-refractivity contribution in [2.45, 2.75) is 72.1 Å². The van der Waals surface area contributed by atoms with Gasteiger partial charge in [-0.25, -0.2) is 0 Å². The minimum absolute atomic E-state index is 0.288. The molecule has 0 bridgehead atoms. The first-order valence-electron chi connectivity index (χ1n) is 8.12. The van der Waals surface area contributed by atoms with Crippen molar-refractivity contribution in [3.8, 4) is 0 Å². The number of hydrogen-bond acceptors (Lipinski definition) is 2. The highest BCUT2D eigenvalue weighted by Crippen LogP contribution is 2.28. The number of nitrogens with one attached hydrogen (secondary N) is 2. The summed E-state index contributed by atoms with van der Waals surface area (Å²) < 4.78 is 0. The molecule has 0 spiro atoms. The van der Waals surface area contributed by atoms with Crippen LogP contribution in [-0.4, -0.2) is 18.1 Å². The van der Waals surface area contributed by atoms with Gasteiger partial charge in [0.15, 0.2) is 0 Å². The molecular formula is C18H28Cl2N2. The van der Waals surface area contributed by atoms with Crippen molar-refractivity contribution in [3.63, 3.8) is 0 Å². The lowest BCUT2D eigenvalue weighted by Crippen LogP contribution is -2.59. The Balaban J connectivity index is 1.90. The van der Waals surface area contributed by atoms with Crippen molar-refractivity contribution in [3.05, 3.63) is 33.3 Å². The number of benzene rings is 1. The molecule has 1 aliphatic carbocycles. The lowest BCUT2D eigenvalue weighted by atomic mass is 9.82. The molecule has 124 valence electrons. The molecule has 1 saturated carbocycles. The maximum atomic E-state index is 6.32. The van der Waals surface area contributed by atoms with E-state index in [4.69, 9.17) is 23.2 Å². The predicted octanol–water partition coefficient (Wildman–Crippen LogP) is 4.95. The predicted molar refractivity (Wildman–Crippen MR) is 96.9 cm³/mol. The van der Waals surface area contributed by atoms with E-state index in [0.29, 0.717) is 23.1 Å². The largest absolute Gasteiger partial charge is 0.309 e. The van der Waals surface area contributed by atoms with Gasteiger partial charge in [0.05, 0.1) is 0 Å². The number of halogens is 2. The minimum atomic E-state index is 0.288. The average Bonchev–Trinajstić information content (AvgIpc) is 2.36. The minimum Gasteiger partial charge on any atom is -0.309 e. The van der Waals surface area contributed by atoms with Crippen molar-refractivity contribution in [2.75, 3.05) is 0 Å². The van der Waals surface area contributed by atoms with E-state index in [9.17, 15) is 0 Å². The third kappa shape index (κ3) is 4.38. The second-order valence-corrected chi connectivity index (χ2v) is 8.45. The molecule has 3 atom stereocenters. The van der Waals surface area contributed by atoms with Crippen LogP contribution >= 0.6 is 23.2 Å². The zero-order valence-electron chi connectivity index (χ0n) is 14.3. The van der Waals surface area contributed by atoms with Gasteiger partial charge >= 0.3 is 0 Å². The Hall–Kier alpha value is -0.280. The molecular weight excluding hydrogens is 315 g/mol. The van der Waals surface area contributed by atoms with Crippen LogP contribution in [0.4, 0.5) is 0 Å². The van der Waals surface area contributed by atoms with Crippen LogP contribution in [-0.2, 0) is 6.54 Å². The van der Waals surface area contributed by atoms with Crippen molar-refractivity contribution >= 4 is 23.2 Å². The molecule has 22 heavy (non-hydrogen) atoms. The second kappa shape index (κ2) is 7.09. The van der Waals surface area contributed by atoms with Crippen LogP contribution in [0.2, 0.25) is 10.0 Å². The van der Waals surface area contributed by atoms with E-state index in [1.807, 2.05) is 12.1 Å². The quantitative estimate of drug-likeness (QED) is 0.791. The van der Waals surface area contributed by atoms with E-state index >= 15 is 0 Å². The summed E-state index contributed by atoms with van der Waals surface area (Å²) in [5, 5.41) is 8.87.